The Hall–Kier alpha value is -6.97. The van der Waals surface area contributed by atoms with E-state index in [-0.39, 0.29) is 0 Å². The Bertz CT molecular complexity index is 3130. The lowest BCUT2D eigenvalue weighted by atomic mass is 9.93. The van der Waals surface area contributed by atoms with E-state index in [0.717, 1.165) is 66.6 Å². The minimum absolute atomic E-state index is 0.886. The van der Waals surface area contributed by atoms with Gasteiger partial charge in [0.2, 0.25) is 0 Å². The monoisotopic (exact) mass is 662 g/mol. The van der Waals surface area contributed by atoms with E-state index in [1.807, 2.05) is 12.1 Å². The molecule has 0 radical (unpaired) electrons. The second kappa shape index (κ2) is 11.3. The van der Waals surface area contributed by atoms with Gasteiger partial charge in [-0.15, -0.1) is 0 Å². The highest BCUT2D eigenvalue weighted by Gasteiger charge is 2.19. The van der Waals surface area contributed by atoms with Gasteiger partial charge >= 0.3 is 0 Å². The van der Waals surface area contributed by atoms with Crippen LogP contribution < -0.4 is 0 Å². The zero-order valence-electron chi connectivity index (χ0n) is 28.1. The van der Waals surface area contributed by atoms with Crippen molar-refractivity contribution in [3.8, 4) is 39.2 Å². The summed E-state index contributed by atoms with van der Waals surface area (Å²) in [7, 11) is 0. The lowest BCUT2D eigenvalue weighted by Gasteiger charge is -2.16. The first-order chi connectivity index (χ1) is 25.8. The average Bonchev–Trinajstić information content (AvgIpc) is 3.76. The van der Waals surface area contributed by atoms with E-state index in [4.69, 9.17) is 9.40 Å². The van der Waals surface area contributed by atoms with E-state index >= 15 is 0 Å². The molecule has 0 amide bonds. The third kappa shape index (κ3) is 4.36. The van der Waals surface area contributed by atoms with Gasteiger partial charge in [0.25, 0.3) is 0 Å². The maximum atomic E-state index is 6.61. The minimum atomic E-state index is 0.886. The Morgan fingerprint density at radius 1 is 0.423 bits per heavy atom. The summed E-state index contributed by atoms with van der Waals surface area (Å²) in [6.45, 7) is 0. The Balaban J connectivity index is 1.24. The molecular formula is C49H30N2O. The molecule has 3 nitrogen and oxygen atoms in total. The summed E-state index contributed by atoms with van der Waals surface area (Å²) in [5.74, 6) is 0. The number of rotatable bonds is 4. The van der Waals surface area contributed by atoms with Crippen LogP contribution in [0.2, 0.25) is 0 Å². The van der Waals surface area contributed by atoms with Crippen LogP contribution in [-0.4, -0.2) is 9.55 Å². The Morgan fingerprint density at radius 2 is 1.08 bits per heavy atom. The van der Waals surface area contributed by atoms with Gasteiger partial charge < -0.3 is 8.98 Å². The summed E-state index contributed by atoms with van der Waals surface area (Å²) in [6.07, 6.45) is 0. The molecule has 11 rings (SSSR count). The molecular weight excluding hydrogens is 633 g/mol. The number of hydrogen-bond acceptors (Lipinski definition) is 2. The SMILES string of the molecule is c1ccc(-c2cc(-c3cc(-c4cccc5c4oc4ccccc45)cc(-n4c5ccccc5c5ccccc54)c3)nc3ccc4ccccc4c23)cc1. The van der Waals surface area contributed by atoms with Crippen LogP contribution in [0, 0.1) is 0 Å². The van der Waals surface area contributed by atoms with Gasteiger partial charge in [0.1, 0.15) is 11.2 Å². The molecule has 242 valence electrons. The second-order valence-corrected chi connectivity index (χ2v) is 13.5. The van der Waals surface area contributed by atoms with Gasteiger partial charge in [-0.05, 0) is 76.0 Å². The van der Waals surface area contributed by atoms with Gasteiger partial charge in [-0.2, -0.15) is 0 Å². The van der Waals surface area contributed by atoms with Crippen LogP contribution in [0.3, 0.4) is 0 Å². The van der Waals surface area contributed by atoms with E-state index in [9.17, 15) is 0 Å². The maximum absolute atomic E-state index is 6.61. The predicted molar refractivity (Wildman–Crippen MR) is 217 cm³/mol. The second-order valence-electron chi connectivity index (χ2n) is 13.5. The number of aromatic nitrogens is 2. The molecule has 52 heavy (non-hydrogen) atoms. The molecule has 0 aliphatic rings. The molecule has 0 aliphatic carbocycles. The van der Waals surface area contributed by atoms with E-state index in [1.165, 1.54) is 38.1 Å². The first-order valence-corrected chi connectivity index (χ1v) is 17.7. The maximum Gasteiger partial charge on any atom is 0.143 e. The lowest BCUT2D eigenvalue weighted by molar-refractivity contribution is 0.670. The summed E-state index contributed by atoms with van der Waals surface area (Å²) in [4.78, 5) is 5.43. The molecule has 0 N–H and O–H groups in total. The molecule has 0 spiro atoms. The third-order valence-electron chi connectivity index (χ3n) is 10.6. The molecule has 0 fully saturated rings. The highest BCUT2D eigenvalue weighted by Crippen LogP contribution is 2.42. The summed E-state index contributed by atoms with van der Waals surface area (Å²) < 4.78 is 9.00. The van der Waals surface area contributed by atoms with Crippen LogP contribution in [0.15, 0.2) is 186 Å². The van der Waals surface area contributed by atoms with Gasteiger partial charge in [-0.3, -0.25) is 0 Å². The fraction of sp³-hybridized carbons (Fsp3) is 0. The van der Waals surface area contributed by atoms with Gasteiger partial charge in [-0.1, -0.05) is 133 Å². The number of hydrogen-bond donors (Lipinski definition) is 0. The van der Waals surface area contributed by atoms with Crippen molar-refractivity contribution < 1.29 is 4.42 Å². The number of furan rings is 1. The van der Waals surface area contributed by atoms with Crippen molar-refractivity contribution in [2.45, 2.75) is 0 Å². The fourth-order valence-corrected chi connectivity index (χ4v) is 8.22. The van der Waals surface area contributed by atoms with Crippen LogP contribution in [0.5, 0.6) is 0 Å². The molecule has 8 aromatic carbocycles. The average molecular weight is 663 g/mol. The number of para-hydroxylation sites is 4. The van der Waals surface area contributed by atoms with Gasteiger partial charge in [0, 0.05) is 43.7 Å². The zero-order valence-corrected chi connectivity index (χ0v) is 28.1. The van der Waals surface area contributed by atoms with Crippen LogP contribution >= 0.6 is 0 Å². The molecule has 3 heteroatoms. The highest BCUT2D eigenvalue weighted by atomic mass is 16.3. The minimum Gasteiger partial charge on any atom is -0.455 e. The summed E-state index contributed by atoms with van der Waals surface area (Å²) in [5.41, 5.74) is 12.5. The standard InChI is InChI=1S/C49H30N2O/c1-2-13-31(14-3-1)42-30-44(50-43-26-25-32-15-4-5-16-36(32)48(42)43)34-27-33(37-20-12-21-41-40-19-8-11-24-47(40)52-49(37)41)28-35(29-34)51-45-22-9-6-17-38(45)39-18-7-10-23-46(39)51/h1-30H. The van der Waals surface area contributed by atoms with E-state index in [2.05, 4.69) is 174 Å². The molecule has 0 aliphatic heterocycles. The Morgan fingerprint density at radius 3 is 1.88 bits per heavy atom. The third-order valence-corrected chi connectivity index (χ3v) is 10.6. The van der Waals surface area contributed by atoms with Crippen molar-refractivity contribution in [3.63, 3.8) is 0 Å². The first-order valence-electron chi connectivity index (χ1n) is 17.7. The number of benzene rings is 8. The van der Waals surface area contributed by atoms with Crippen molar-refractivity contribution in [2.24, 2.45) is 0 Å². The lowest BCUT2D eigenvalue weighted by Crippen LogP contribution is -1.97. The molecule has 0 atom stereocenters. The van der Waals surface area contributed by atoms with Gasteiger partial charge in [-0.25, -0.2) is 4.98 Å². The Labute approximate surface area is 299 Å². The zero-order chi connectivity index (χ0) is 34.2. The molecule has 3 aromatic heterocycles. The van der Waals surface area contributed by atoms with Gasteiger partial charge in [0.15, 0.2) is 0 Å². The molecule has 11 aromatic rings. The summed E-state index contributed by atoms with van der Waals surface area (Å²) in [6, 6.07) is 64.9. The van der Waals surface area contributed by atoms with Crippen molar-refractivity contribution >= 4 is 65.4 Å². The van der Waals surface area contributed by atoms with Crippen molar-refractivity contribution in [3.05, 3.63) is 182 Å². The van der Waals surface area contributed by atoms with Crippen molar-refractivity contribution in [1.29, 1.82) is 0 Å². The first kappa shape index (κ1) is 28.8. The van der Waals surface area contributed by atoms with Crippen molar-refractivity contribution in [2.75, 3.05) is 0 Å². The molecule has 0 bridgehead atoms. The van der Waals surface area contributed by atoms with Crippen molar-refractivity contribution in [1.82, 2.24) is 9.55 Å². The van der Waals surface area contributed by atoms with E-state index < -0.39 is 0 Å². The van der Waals surface area contributed by atoms with Crippen LogP contribution in [0.25, 0.3) is 105 Å². The largest absolute Gasteiger partial charge is 0.455 e. The molecule has 0 saturated heterocycles. The normalized spacial score (nSPS) is 11.8. The molecule has 0 unspecified atom stereocenters. The predicted octanol–water partition coefficient (Wildman–Crippen LogP) is 13.4. The highest BCUT2D eigenvalue weighted by molar-refractivity contribution is 6.14. The molecule has 3 heterocycles. The summed E-state index contributed by atoms with van der Waals surface area (Å²) in [5, 5.41) is 8.26. The number of nitrogens with zero attached hydrogens (tertiary/aromatic N) is 2. The van der Waals surface area contributed by atoms with Crippen LogP contribution in [0.1, 0.15) is 0 Å². The quantitative estimate of drug-likeness (QED) is 0.176. The molecule has 0 saturated carbocycles. The van der Waals surface area contributed by atoms with Crippen LogP contribution in [-0.2, 0) is 0 Å². The number of fused-ring (bicyclic) bond motifs is 9. The topological polar surface area (TPSA) is 31.0 Å². The number of pyridine rings is 1. The van der Waals surface area contributed by atoms with Crippen LogP contribution in [0.4, 0.5) is 0 Å². The Kier molecular flexibility index (Phi) is 6.25. The van der Waals surface area contributed by atoms with Gasteiger partial charge in [0.05, 0.1) is 22.2 Å². The fourth-order valence-electron chi connectivity index (χ4n) is 8.22. The summed E-state index contributed by atoms with van der Waals surface area (Å²) >= 11 is 0. The van der Waals surface area contributed by atoms with E-state index in [1.54, 1.807) is 0 Å². The van der Waals surface area contributed by atoms with E-state index in [0.29, 0.717) is 0 Å². The smallest absolute Gasteiger partial charge is 0.143 e.